The minimum Gasteiger partial charge on any atom is -0.462 e. The number of aliphatic imine (C=N–C) groups is 1. The molecule has 37 heavy (non-hydrogen) atoms. The summed E-state index contributed by atoms with van der Waals surface area (Å²) in [6.45, 7) is 6.45. The number of nitrogens with two attached hydrogens (primary N) is 1. The summed E-state index contributed by atoms with van der Waals surface area (Å²) in [5, 5.41) is 23.8. The molecule has 2 aliphatic heterocycles. The molecule has 7 atom stereocenters. The number of benzene rings is 1. The molecule has 0 saturated carbocycles. The Morgan fingerprint density at radius 3 is 2.59 bits per heavy atom. The third-order valence-corrected chi connectivity index (χ3v) is 6.99. The lowest BCUT2D eigenvalue weighted by Crippen LogP contribution is -2.48. The molecule has 4 unspecified atom stereocenters. The number of esters is 1. The van der Waals surface area contributed by atoms with E-state index >= 15 is 0 Å². The lowest BCUT2D eigenvalue weighted by atomic mass is 10.1. The molecule has 0 radical (unpaired) electrons. The van der Waals surface area contributed by atoms with E-state index in [1.54, 1.807) is 51.1 Å². The Morgan fingerprint density at radius 1 is 1.27 bits per heavy atom. The number of carbonyl (C=O) groups is 1. The van der Waals surface area contributed by atoms with Crippen LogP contribution in [0.1, 0.15) is 27.7 Å². The third kappa shape index (κ3) is 7.74. The summed E-state index contributed by atoms with van der Waals surface area (Å²) >= 11 is 0. The van der Waals surface area contributed by atoms with Crippen molar-refractivity contribution < 1.29 is 42.8 Å². The second kappa shape index (κ2) is 12.8. The van der Waals surface area contributed by atoms with Crippen LogP contribution in [-0.4, -0.2) is 83.2 Å². The van der Waals surface area contributed by atoms with Crippen LogP contribution >= 0.6 is 7.75 Å². The van der Waals surface area contributed by atoms with Crippen molar-refractivity contribution in [3.8, 4) is 5.75 Å². The van der Waals surface area contributed by atoms with Gasteiger partial charge in [0, 0.05) is 12.8 Å². The number of para-hydroxylation sites is 1. The smallest absolute Gasteiger partial charge is 0.459 e. The van der Waals surface area contributed by atoms with Crippen molar-refractivity contribution in [2.24, 2.45) is 10.7 Å². The van der Waals surface area contributed by atoms with Crippen molar-refractivity contribution in [3.05, 3.63) is 42.6 Å². The van der Waals surface area contributed by atoms with Crippen LogP contribution in [-0.2, 0) is 28.1 Å². The van der Waals surface area contributed by atoms with E-state index in [9.17, 15) is 19.6 Å². The number of rotatable bonds is 12. The molecule has 2 heterocycles. The van der Waals surface area contributed by atoms with Crippen LogP contribution in [0, 0.1) is 0 Å². The van der Waals surface area contributed by atoms with Gasteiger partial charge in [0.2, 0.25) is 6.35 Å². The highest BCUT2D eigenvalue weighted by atomic mass is 31.2. The van der Waals surface area contributed by atoms with Crippen LogP contribution < -0.4 is 15.3 Å². The van der Waals surface area contributed by atoms with E-state index < -0.39 is 57.3 Å². The van der Waals surface area contributed by atoms with Crippen molar-refractivity contribution >= 4 is 19.6 Å². The largest absolute Gasteiger partial charge is 0.462 e. The first-order chi connectivity index (χ1) is 17.5. The van der Waals surface area contributed by atoms with Gasteiger partial charge in [-0.05, 0) is 45.9 Å². The van der Waals surface area contributed by atoms with E-state index in [0.29, 0.717) is 0 Å². The van der Waals surface area contributed by atoms with Crippen LogP contribution in [0.5, 0.6) is 5.75 Å². The summed E-state index contributed by atoms with van der Waals surface area (Å²) in [5.41, 5.74) is 5.63. The molecule has 206 valence electrons. The zero-order valence-corrected chi connectivity index (χ0v) is 22.1. The average Bonchev–Trinajstić information content (AvgIpc) is 3.13. The maximum atomic E-state index is 13.7. The van der Waals surface area contributed by atoms with Gasteiger partial charge in [0.05, 0.1) is 12.7 Å². The van der Waals surface area contributed by atoms with E-state index in [0.717, 1.165) is 0 Å². The molecule has 5 N–H and O–H groups in total. The molecular weight excluding hydrogens is 507 g/mol. The summed E-state index contributed by atoms with van der Waals surface area (Å²) in [6, 6.07) is 7.24. The van der Waals surface area contributed by atoms with Crippen molar-refractivity contribution in [1.29, 1.82) is 0 Å². The molecule has 0 aliphatic carbocycles. The van der Waals surface area contributed by atoms with E-state index in [1.807, 2.05) is 0 Å². The Bertz CT molecular complexity index is 1010. The molecule has 1 fully saturated rings. The number of ether oxygens (including phenoxy) is 3. The Labute approximate surface area is 215 Å². The van der Waals surface area contributed by atoms with Gasteiger partial charge in [0.1, 0.15) is 35.9 Å². The van der Waals surface area contributed by atoms with Crippen molar-refractivity contribution in [2.75, 3.05) is 13.2 Å². The fraction of sp³-hybridized carbons (Fsp3) is 0.565. The second-order valence-corrected chi connectivity index (χ2v) is 10.4. The van der Waals surface area contributed by atoms with Crippen molar-refractivity contribution in [3.63, 3.8) is 0 Å². The number of nitrogens with one attached hydrogen (secondary N) is 1. The lowest BCUT2D eigenvalue weighted by Gasteiger charge is -2.34. The quantitative estimate of drug-likeness (QED) is 0.219. The van der Waals surface area contributed by atoms with Gasteiger partial charge in [-0.2, -0.15) is 5.09 Å². The highest BCUT2D eigenvalue weighted by molar-refractivity contribution is 7.52. The Kier molecular flexibility index (Phi) is 10.1. The van der Waals surface area contributed by atoms with Crippen molar-refractivity contribution in [1.82, 2.24) is 9.99 Å². The summed E-state index contributed by atoms with van der Waals surface area (Å²) in [5.74, 6) is -0.280. The van der Waals surface area contributed by atoms with Crippen LogP contribution in [0.4, 0.5) is 0 Å². The SMILES string of the molecule is CCO[C@@H]1[C@H](O)C(COP(=O)(NC(C)C(=O)OC(C)C)Oc2ccccc2)O[C@H]1N1C=CC(N)=NC1O. The second-order valence-electron chi connectivity index (χ2n) is 8.67. The maximum Gasteiger partial charge on any atom is 0.459 e. The Morgan fingerprint density at radius 2 is 1.97 bits per heavy atom. The fourth-order valence-electron chi connectivity index (χ4n) is 3.67. The predicted octanol–water partition coefficient (Wildman–Crippen LogP) is 1.07. The van der Waals surface area contributed by atoms with Crippen LogP contribution in [0.2, 0.25) is 0 Å². The summed E-state index contributed by atoms with van der Waals surface area (Å²) in [4.78, 5) is 17.5. The fourth-order valence-corrected chi connectivity index (χ4v) is 5.18. The topological polar surface area (TPSA) is 174 Å². The van der Waals surface area contributed by atoms with E-state index in [4.69, 9.17) is 29.0 Å². The Hall–Kier alpha value is -2.51. The monoisotopic (exact) mass is 542 g/mol. The minimum atomic E-state index is -4.18. The number of carbonyl (C=O) groups excluding carboxylic acids is 1. The number of amidine groups is 1. The molecule has 14 heteroatoms. The van der Waals surface area contributed by atoms with Crippen molar-refractivity contribution in [2.45, 2.75) is 70.7 Å². The van der Waals surface area contributed by atoms with Crippen LogP contribution in [0.25, 0.3) is 0 Å². The number of hydrogen-bond acceptors (Lipinski definition) is 12. The normalized spacial score (nSPS) is 28.0. The molecule has 2 aliphatic rings. The van der Waals surface area contributed by atoms with Gasteiger partial charge >= 0.3 is 13.7 Å². The average molecular weight is 543 g/mol. The van der Waals surface area contributed by atoms with Gasteiger partial charge in [-0.1, -0.05) is 18.2 Å². The molecule has 0 spiro atoms. The highest BCUT2D eigenvalue weighted by Crippen LogP contribution is 2.46. The van der Waals surface area contributed by atoms with Gasteiger partial charge in [-0.3, -0.25) is 9.32 Å². The number of hydrogen-bond donors (Lipinski definition) is 4. The van der Waals surface area contributed by atoms with Gasteiger partial charge in [0.15, 0.2) is 6.23 Å². The highest BCUT2D eigenvalue weighted by Gasteiger charge is 2.49. The van der Waals surface area contributed by atoms with E-state index in [1.165, 1.54) is 24.1 Å². The summed E-state index contributed by atoms with van der Waals surface area (Å²) < 4.78 is 41.8. The zero-order chi connectivity index (χ0) is 27.2. The zero-order valence-electron chi connectivity index (χ0n) is 21.2. The minimum absolute atomic E-state index is 0.130. The number of nitrogens with zero attached hydrogens (tertiary/aromatic N) is 2. The number of aliphatic hydroxyl groups is 2. The van der Waals surface area contributed by atoms with Gasteiger partial charge in [-0.25, -0.2) is 9.56 Å². The van der Waals surface area contributed by atoms with Crippen LogP contribution in [0.15, 0.2) is 47.6 Å². The summed E-state index contributed by atoms with van der Waals surface area (Å²) in [7, 11) is -4.18. The first-order valence-electron chi connectivity index (χ1n) is 11.9. The maximum absolute atomic E-state index is 13.7. The van der Waals surface area contributed by atoms with E-state index in [-0.39, 0.29) is 24.3 Å². The standard InChI is InChI=1S/C23H35N4O9P/c1-5-32-20-19(28)17(35-21(20)27-12-11-18(24)25-23(27)30)13-33-37(31,36-16-9-7-6-8-10-16)26-15(4)22(29)34-14(2)3/h6-12,14-15,17,19-21,23,28,30H,5,13H2,1-4H3,(H2,24,25)(H,26,31)/t15?,17?,19-,20-,21-,23?,37?/m1/s1. The predicted molar refractivity (Wildman–Crippen MR) is 133 cm³/mol. The molecule has 1 saturated heterocycles. The van der Waals surface area contributed by atoms with Gasteiger partial charge in [-0.15, -0.1) is 0 Å². The lowest BCUT2D eigenvalue weighted by molar-refractivity contribution is -0.149. The van der Waals surface area contributed by atoms with Gasteiger partial charge in [0.25, 0.3) is 0 Å². The van der Waals surface area contributed by atoms with Crippen LogP contribution in [0.3, 0.4) is 0 Å². The molecule has 0 aromatic heterocycles. The molecule has 1 aromatic rings. The third-order valence-electron chi connectivity index (χ3n) is 5.35. The molecule has 13 nitrogen and oxygen atoms in total. The molecule has 0 bridgehead atoms. The Balaban J connectivity index is 1.75. The molecule has 1 aromatic carbocycles. The molecule has 3 rings (SSSR count). The number of aliphatic hydroxyl groups excluding tert-OH is 2. The molecule has 0 amide bonds. The van der Waals surface area contributed by atoms with E-state index in [2.05, 4.69) is 10.1 Å². The summed E-state index contributed by atoms with van der Waals surface area (Å²) in [6.07, 6.45) is -2.87. The molecular formula is C23H35N4O9P. The first-order valence-corrected chi connectivity index (χ1v) is 13.5. The first kappa shape index (κ1) is 29.1. The van der Waals surface area contributed by atoms with Gasteiger partial charge < -0.3 is 39.6 Å².